The number of nitrogens with zero attached hydrogens (tertiary/aromatic N) is 2. The van der Waals surface area contributed by atoms with Gasteiger partial charge in [-0.05, 0) is 17.7 Å². The molecule has 0 radical (unpaired) electrons. The second-order valence-corrected chi connectivity index (χ2v) is 3.69. The standard InChI is InChI=1S/C12H12FN3O/c1-16-11(17)6-9(7-14)12(15-16)8-3-2-4-10(13)5-8/h2-6H,7,14H2,1H3. The minimum Gasteiger partial charge on any atom is -0.326 e. The second kappa shape index (κ2) is 4.47. The number of hydrogen-bond acceptors (Lipinski definition) is 3. The Bertz CT molecular complexity index is 607. The first kappa shape index (κ1) is 11.5. The maximum atomic E-state index is 13.1. The van der Waals surface area contributed by atoms with E-state index in [1.165, 1.54) is 22.9 Å². The van der Waals surface area contributed by atoms with Crippen molar-refractivity contribution in [1.82, 2.24) is 9.78 Å². The van der Waals surface area contributed by atoms with Crippen LogP contribution in [0.3, 0.4) is 0 Å². The van der Waals surface area contributed by atoms with Crippen LogP contribution >= 0.6 is 0 Å². The first-order valence-corrected chi connectivity index (χ1v) is 5.15. The van der Waals surface area contributed by atoms with Gasteiger partial charge in [0.15, 0.2) is 0 Å². The van der Waals surface area contributed by atoms with Crippen molar-refractivity contribution in [3.63, 3.8) is 0 Å². The van der Waals surface area contributed by atoms with Gasteiger partial charge in [0, 0.05) is 25.2 Å². The molecule has 2 aromatic rings. The molecule has 0 fully saturated rings. The SMILES string of the molecule is Cn1nc(-c2cccc(F)c2)c(CN)cc1=O. The number of aryl methyl sites for hydroxylation is 1. The van der Waals surface area contributed by atoms with Crippen molar-refractivity contribution >= 4 is 0 Å². The summed E-state index contributed by atoms with van der Waals surface area (Å²) in [6.07, 6.45) is 0. The summed E-state index contributed by atoms with van der Waals surface area (Å²) in [6.45, 7) is 0.189. The van der Waals surface area contributed by atoms with E-state index in [2.05, 4.69) is 5.10 Å². The van der Waals surface area contributed by atoms with Crippen LogP contribution in [-0.4, -0.2) is 9.78 Å². The molecule has 0 atom stereocenters. The molecular formula is C12H12FN3O. The third kappa shape index (κ3) is 2.24. The lowest BCUT2D eigenvalue weighted by Gasteiger charge is -2.08. The molecule has 2 rings (SSSR count). The number of halogens is 1. The molecule has 0 aliphatic heterocycles. The van der Waals surface area contributed by atoms with Gasteiger partial charge < -0.3 is 5.73 Å². The largest absolute Gasteiger partial charge is 0.326 e. The summed E-state index contributed by atoms with van der Waals surface area (Å²) in [6, 6.07) is 7.47. The van der Waals surface area contributed by atoms with Crippen LogP contribution in [0.25, 0.3) is 11.3 Å². The van der Waals surface area contributed by atoms with E-state index < -0.39 is 0 Å². The van der Waals surface area contributed by atoms with Crippen LogP contribution in [0.2, 0.25) is 0 Å². The third-order valence-corrected chi connectivity index (χ3v) is 2.49. The summed E-state index contributed by atoms with van der Waals surface area (Å²) in [7, 11) is 1.55. The highest BCUT2D eigenvalue weighted by Crippen LogP contribution is 2.20. The van der Waals surface area contributed by atoms with Crippen LogP contribution in [0.4, 0.5) is 4.39 Å². The predicted molar refractivity (Wildman–Crippen MR) is 62.8 cm³/mol. The summed E-state index contributed by atoms with van der Waals surface area (Å²) in [5.41, 5.74) is 7.09. The molecule has 0 aliphatic rings. The minimum atomic E-state index is -0.346. The van der Waals surface area contributed by atoms with Gasteiger partial charge in [-0.2, -0.15) is 5.10 Å². The van der Waals surface area contributed by atoms with Crippen LogP contribution in [-0.2, 0) is 13.6 Å². The lowest BCUT2D eigenvalue weighted by atomic mass is 10.1. The highest BCUT2D eigenvalue weighted by molar-refractivity contribution is 5.62. The zero-order chi connectivity index (χ0) is 12.4. The monoisotopic (exact) mass is 233 g/mol. The average Bonchev–Trinajstić information content (AvgIpc) is 2.32. The molecule has 4 nitrogen and oxygen atoms in total. The van der Waals surface area contributed by atoms with Crippen molar-refractivity contribution in [3.05, 3.63) is 52.1 Å². The van der Waals surface area contributed by atoms with E-state index >= 15 is 0 Å². The molecule has 88 valence electrons. The number of nitrogens with two attached hydrogens (primary N) is 1. The fourth-order valence-electron chi connectivity index (χ4n) is 1.61. The van der Waals surface area contributed by atoms with E-state index in [-0.39, 0.29) is 17.9 Å². The third-order valence-electron chi connectivity index (χ3n) is 2.49. The Morgan fingerprint density at radius 2 is 2.18 bits per heavy atom. The van der Waals surface area contributed by atoms with Crippen LogP contribution in [0.1, 0.15) is 5.56 Å². The Labute approximate surface area is 97.5 Å². The Hall–Kier alpha value is -2.01. The van der Waals surface area contributed by atoms with Gasteiger partial charge in [-0.15, -0.1) is 0 Å². The Kier molecular flexibility index (Phi) is 3.01. The molecule has 17 heavy (non-hydrogen) atoms. The molecule has 0 aliphatic carbocycles. The van der Waals surface area contributed by atoms with Gasteiger partial charge in [0.05, 0.1) is 5.69 Å². The van der Waals surface area contributed by atoms with Crippen molar-refractivity contribution in [2.24, 2.45) is 12.8 Å². The maximum absolute atomic E-state index is 13.1. The first-order valence-electron chi connectivity index (χ1n) is 5.15. The molecule has 0 bridgehead atoms. The molecule has 1 aromatic carbocycles. The van der Waals surface area contributed by atoms with Gasteiger partial charge in [0.2, 0.25) is 0 Å². The van der Waals surface area contributed by atoms with E-state index in [1.54, 1.807) is 19.2 Å². The van der Waals surface area contributed by atoms with Crippen molar-refractivity contribution in [2.75, 3.05) is 0 Å². The van der Waals surface area contributed by atoms with E-state index in [0.717, 1.165) is 0 Å². The molecule has 2 N–H and O–H groups in total. The van der Waals surface area contributed by atoms with Gasteiger partial charge in [-0.1, -0.05) is 12.1 Å². The Balaban J connectivity index is 2.66. The number of rotatable bonds is 2. The predicted octanol–water partition coefficient (Wildman–Crippen LogP) is 1.05. The van der Waals surface area contributed by atoms with E-state index in [0.29, 0.717) is 16.8 Å². The molecule has 1 heterocycles. The summed E-state index contributed by atoms with van der Waals surface area (Å²) in [5.74, 6) is -0.346. The van der Waals surface area contributed by atoms with Crippen LogP contribution in [0, 0.1) is 5.82 Å². The van der Waals surface area contributed by atoms with E-state index in [4.69, 9.17) is 5.73 Å². The molecule has 0 saturated carbocycles. The molecule has 0 saturated heterocycles. The topological polar surface area (TPSA) is 60.9 Å². The van der Waals surface area contributed by atoms with Gasteiger partial charge in [0.25, 0.3) is 5.56 Å². The molecule has 0 amide bonds. The highest BCUT2D eigenvalue weighted by atomic mass is 19.1. The summed E-state index contributed by atoms with van der Waals surface area (Å²) >= 11 is 0. The molecule has 0 spiro atoms. The fourth-order valence-corrected chi connectivity index (χ4v) is 1.61. The van der Waals surface area contributed by atoms with Crippen molar-refractivity contribution < 1.29 is 4.39 Å². The quantitative estimate of drug-likeness (QED) is 0.843. The van der Waals surface area contributed by atoms with Crippen LogP contribution in [0.5, 0.6) is 0 Å². The fraction of sp³-hybridized carbons (Fsp3) is 0.167. The average molecular weight is 233 g/mol. The van der Waals surface area contributed by atoms with Crippen LogP contribution < -0.4 is 11.3 Å². The molecule has 0 unspecified atom stereocenters. The second-order valence-electron chi connectivity index (χ2n) is 3.69. The molecular weight excluding hydrogens is 221 g/mol. The summed E-state index contributed by atoms with van der Waals surface area (Å²) in [4.78, 5) is 11.4. The van der Waals surface area contributed by atoms with Crippen molar-refractivity contribution in [3.8, 4) is 11.3 Å². The molecule has 1 aromatic heterocycles. The maximum Gasteiger partial charge on any atom is 0.266 e. The zero-order valence-electron chi connectivity index (χ0n) is 9.35. The minimum absolute atomic E-state index is 0.189. The Morgan fingerprint density at radius 1 is 1.41 bits per heavy atom. The Morgan fingerprint density at radius 3 is 2.82 bits per heavy atom. The summed E-state index contributed by atoms with van der Waals surface area (Å²) in [5, 5.41) is 4.11. The zero-order valence-corrected chi connectivity index (χ0v) is 9.35. The van der Waals surface area contributed by atoms with Gasteiger partial charge in [-0.25, -0.2) is 9.07 Å². The van der Waals surface area contributed by atoms with Crippen LogP contribution in [0.15, 0.2) is 35.1 Å². The number of aromatic nitrogens is 2. The number of benzene rings is 1. The highest BCUT2D eigenvalue weighted by Gasteiger charge is 2.09. The van der Waals surface area contributed by atoms with Crippen molar-refractivity contribution in [1.29, 1.82) is 0 Å². The summed E-state index contributed by atoms with van der Waals surface area (Å²) < 4.78 is 14.3. The van der Waals surface area contributed by atoms with Gasteiger partial charge in [0.1, 0.15) is 5.82 Å². The lowest BCUT2D eigenvalue weighted by Crippen LogP contribution is -2.21. The van der Waals surface area contributed by atoms with Gasteiger partial charge >= 0.3 is 0 Å². The lowest BCUT2D eigenvalue weighted by molar-refractivity contribution is 0.628. The van der Waals surface area contributed by atoms with E-state index in [9.17, 15) is 9.18 Å². The van der Waals surface area contributed by atoms with Crippen molar-refractivity contribution in [2.45, 2.75) is 6.54 Å². The normalized spacial score (nSPS) is 10.5. The van der Waals surface area contributed by atoms with Gasteiger partial charge in [-0.3, -0.25) is 4.79 Å². The van der Waals surface area contributed by atoms with E-state index in [1.807, 2.05) is 0 Å². The molecule has 5 heteroatoms. The smallest absolute Gasteiger partial charge is 0.266 e. The number of hydrogen-bond donors (Lipinski definition) is 1. The first-order chi connectivity index (χ1) is 8.11.